The molecule has 2 aromatic heterocycles. The first kappa shape index (κ1) is 34.1. The Hall–Kier alpha value is -4.78. The molecule has 0 bridgehead atoms. The molecule has 13 heteroatoms. The lowest BCUT2D eigenvalue weighted by Gasteiger charge is -2.29. The summed E-state index contributed by atoms with van der Waals surface area (Å²) in [5.41, 5.74) is 3.81. The number of likely N-dealkylation sites (tertiary alicyclic amines) is 1. The van der Waals surface area contributed by atoms with Crippen LogP contribution in [0, 0.1) is 0 Å². The van der Waals surface area contributed by atoms with E-state index in [1.165, 1.54) is 6.92 Å². The number of anilines is 1. The van der Waals surface area contributed by atoms with E-state index < -0.39 is 12.1 Å². The van der Waals surface area contributed by atoms with E-state index in [9.17, 15) is 14.4 Å². The molecule has 0 saturated carbocycles. The second-order valence-corrected chi connectivity index (χ2v) is 13.2. The summed E-state index contributed by atoms with van der Waals surface area (Å²) < 4.78 is 19.2. The van der Waals surface area contributed by atoms with Crippen LogP contribution in [0.5, 0.6) is 17.2 Å². The van der Waals surface area contributed by atoms with E-state index in [0.29, 0.717) is 54.3 Å². The van der Waals surface area contributed by atoms with Gasteiger partial charge >= 0.3 is 0 Å². The smallest absolute Gasteiger partial charge is 0.245 e. The number of pyridine rings is 1. The van der Waals surface area contributed by atoms with E-state index in [2.05, 4.69) is 20.8 Å². The molecule has 2 aromatic carbocycles. The highest BCUT2D eigenvalue weighted by molar-refractivity contribution is 7.98. The maximum atomic E-state index is 14.3. The van der Waals surface area contributed by atoms with Crippen LogP contribution in [0.1, 0.15) is 61.6 Å². The Balaban J connectivity index is 1.41. The van der Waals surface area contributed by atoms with Crippen molar-refractivity contribution >= 4 is 34.9 Å². The van der Waals surface area contributed by atoms with E-state index in [1.54, 1.807) is 45.2 Å². The molecule has 1 fully saturated rings. The minimum atomic E-state index is -0.653. The standard InChI is InChI=1S/C36H42N6O6S/c1-21(43)37-25-13-11-22-19-30(46-2)33(47-3)34(48-4)32(22)23-12-14-26(29(44)20-24(23)25)38-27(15-18-49-5)36(45)41-17-8-9-28(41)35-40-39-31-10-6-7-16-42(31)35/h6-7,10,12,14,16,19-20,25,27-28H,8-9,11,13,15,17-18H2,1-5H3,(H,37,43)(H,38,44)/t25-,27-,28-/m0/s1. The van der Waals surface area contributed by atoms with E-state index in [1.807, 2.05) is 52.1 Å². The number of ether oxygens (including phenoxy) is 3. The summed E-state index contributed by atoms with van der Waals surface area (Å²) in [6, 6.07) is 11.5. The summed E-state index contributed by atoms with van der Waals surface area (Å²) in [6.45, 7) is 2.05. The molecular formula is C36H42N6O6S. The highest BCUT2D eigenvalue weighted by atomic mass is 32.2. The number of aromatic nitrogens is 3. The van der Waals surface area contributed by atoms with Crippen molar-refractivity contribution in [3.63, 3.8) is 0 Å². The number of hydrogen-bond donors (Lipinski definition) is 2. The van der Waals surface area contributed by atoms with Gasteiger partial charge in [0.25, 0.3) is 0 Å². The van der Waals surface area contributed by atoms with Crippen LogP contribution in [-0.2, 0) is 16.0 Å². The number of carbonyl (C=O) groups is 2. The quantitative estimate of drug-likeness (QED) is 0.226. The third kappa shape index (κ3) is 6.63. The molecule has 49 heavy (non-hydrogen) atoms. The first-order chi connectivity index (χ1) is 23.8. The van der Waals surface area contributed by atoms with Gasteiger partial charge in [-0.1, -0.05) is 12.1 Å². The van der Waals surface area contributed by atoms with Crippen molar-refractivity contribution < 1.29 is 23.8 Å². The van der Waals surface area contributed by atoms with Crippen molar-refractivity contribution in [3.8, 4) is 28.4 Å². The molecule has 1 saturated heterocycles. The molecule has 3 atom stereocenters. The number of benzene rings is 1. The van der Waals surface area contributed by atoms with Crippen LogP contribution in [0.2, 0.25) is 0 Å². The fourth-order valence-electron chi connectivity index (χ4n) is 7.09. The van der Waals surface area contributed by atoms with Gasteiger partial charge < -0.3 is 29.7 Å². The van der Waals surface area contributed by atoms with E-state index in [4.69, 9.17) is 14.2 Å². The summed E-state index contributed by atoms with van der Waals surface area (Å²) in [5.74, 6) is 2.59. The normalized spacial score (nSPS) is 17.4. The number of nitrogens with zero attached hydrogens (tertiary/aromatic N) is 4. The second-order valence-electron chi connectivity index (χ2n) is 12.3. The molecule has 0 radical (unpaired) electrons. The Labute approximate surface area is 289 Å². The fourth-order valence-corrected chi connectivity index (χ4v) is 7.57. The van der Waals surface area contributed by atoms with Gasteiger partial charge in [0.15, 0.2) is 23.0 Å². The number of methoxy groups -OCH3 is 3. The average molecular weight is 687 g/mol. The van der Waals surface area contributed by atoms with Gasteiger partial charge in [0.1, 0.15) is 6.04 Å². The van der Waals surface area contributed by atoms with Crippen molar-refractivity contribution in [2.75, 3.05) is 45.2 Å². The fraction of sp³-hybridized carbons (Fsp3) is 0.417. The number of fused-ring (bicyclic) bond motifs is 4. The van der Waals surface area contributed by atoms with Gasteiger partial charge in [0, 0.05) is 25.2 Å². The Morgan fingerprint density at radius 1 is 1.04 bits per heavy atom. The molecule has 2 amide bonds. The van der Waals surface area contributed by atoms with E-state index in [-0.39, 0.29) is 23.3 Å². The minimum absolute atomic E-state index is 0.0864. The maximum Gasteiger partial charge on any atom is 0.245 e. The molecule has 6 rings (SSSR count). The molecular weight excluding hydrogens is 644 g/mol. The Morgan fingerprint density at radius 2 is 1.86 bits per heavy atom. The third-order valence-corrected chi connectivity index (χ3v) is 9.97. The molecule has 258 valence electrons. The SMILES string of the molecule is COc1cc2c(c(OC)c1OC)-c1ccc(N[C@@H](CCSC)C(=O)N3CCC[C@H]3c3nnc4ccccn34)c(=O)cc1[C@@H](NC(C)=O)CC2. The number of rotatable bonds is 11. The predicted molar refractivity (Wildman–Crippen MR) is 190 cm³/mol. The van der Waals surface area contributed by atoms with Crippen molar-refractivity contribution in [1.29, 1.82) is 0 Å². The molecule has 1 aliphatic heterocycles. The van der Waals surface area contributed by atoms with Crippen LogP contribution in [0.15, 0.2) is 53.5 Å². The van der Waals surface area contributed by atoms with Gasteiger partial charge in [-0.05, 0) is 91.1 Å². The Bertz CT molecular complexity index is 1930. The van der Waals surface area contributed by atoms with Crippen LogP contribution in [0.25, 0.3) is 16.8 Å². The monoisotopic (exact) mass is 686 g/mol. The summed E-state index contributed by atoms with van der Waals surface area (Å²) in [7, 11) is 4.69. The van der Waals surface area contributed by atoms with Crippen molar-refractivity contribution in [2.45, 2.75) is 57.2 Å². The second kappa shape index (κ2) is 14.8. The predicted octanol–water partition coefficient (Wildman–Crippen LogP) is 4.80. The Kier molecular flexibility index (Phi) is 10.3. The van der Waals surface area contributed by atoms with Gasteiger partial charge in [-0.2, -0.15) is 11.8 Å². The lowest BCUT2D eigenvalue weighted by atomic mass is 9.95. The van der Waals surface area contributed by atoms with Crippen LogP contribution in [0.4, 0.5) is 5.69 Å². The number of thioether (sulfide) groups is 1. The molecule has 0 unspecified atom stereocenters. The lowest BCUT2D eigenvalue weighted by Crippen LogP contribution is -2.44. The van der Waals surface area contributed by atoms with Gasteiger partial charge in [-0.25, -0.2) is 0 Å². The van der Waals surface area contributed by atoms with Crippen molar-refractivity contribution in [1.82, 2.24) is 24.8 Å². The largest absolute Gasteiger partial charge is 0.493 e. The molecule has 12 nitrogen and oxygen atoms in total. The molecule has 4 aromatic rings. The highest BCUT2D eigenvalue weighted by Gasteiger charge is 2.37. The first-order valence-corrected chi connectivity index (χ1v) is 17.8. The van der Waals surface area contributed by atoms with Gasteiger partial charge in [0.2, 0.25) is 23.0 Å². The number of carbonyl (C=O) groups excluding carboxylic acids is 2. The van der Waals surface area contributed by atoms with Crippen molar-refractivity contribution in [2.24, 2.45) is 0 Å². The first-order valence-electron chi connectivity index (χ1n) is 16.4. The van der Waals surface area contributed by atoms with E-state index in [0.717, 1.165) is 46.8 Å². The average Bonchev–Trinajstić information content (AvgIpc) is 3.70. The van der Waals surface area contributed by atoms with Crippen molar-refractivity contribution in [3.05, 3.63) is 75.8 Å². The highest BCUT2D eigenvalue weighted by Crippen LogP contribution is 2.50. The molecule has 0 spiro atoms. The molecule has 2 N–H and O–H groups in total. The molecule has 1 aliphatic carbocycles. The zero-order chi connectivity index (χ0) is 34.7. The summed E-state index contributed by atoms with van der Waals surface area (Å²) >= 11 is 1.64. The summed E-state index contributed by atoms with van der Waals surface area (Å²) in [4.78, 5) is 42.7. The third-order valence-electron chi connectivity index (χ3n) is 9.33. The minimum Gasteiger partial charge on any atom is -0.493 e. The molecule has 2 aliphatic rings. The van der Waals surface area contributed by atoms with Crippen LogP contribution in [-0.4, -0.2) is 77.2 Å². The maximum absolute atomic E-state index is 14.3. The van der Waals surface area contributed by atoms with Crippen LogP contribution < -0.4 is 30.3 Å². The van der Waals surface area contributed by atoms with Crippen LogP contribution in [0.3, 0.4) is 0 Å². The Morgan fingerprint density at radius 3 is 2.59 bits per heavy atom. The zero-order valence-electron chi connectivity index (χ0n) is 28.4. The number of aryl methyl sites for hydroxylation is 1. The summed E-state index contributed by atoms with van der Waals surface area (Å²) in [5, 5.41) is 15.2. The lowest BCUT2D eigenvalue weighted by molar-refractivity contribution is -0.133. The van der Waals surface area contributed by atoms with Gasteiger partial charge in [-0.3, -0.25) is 18.8 Å². The number of amides is 2. The topological polar surface area (TPSA) is 136 Å². The van der Waals surface area contributed by atoms with Gasteiger partial charge in [-0.15, -0.1) is 10.2 Å². The summed E-state index contributed by atoms with van der Waals surface area (Å²) in [6.07, 6.45) is 7.19. The zero-order valence-corrected chi connectivity index (χ0v) is 29.3. The number of hydrogen-bond acceptors (Lipinski definition) is 10. The number of nitrogens with one attached hydrogen (secondary N) is 2. The van der Waals surface area contributed by atoms with Crippen LogP contribution >= 0.6 is 11.8 Å². The van der Waals surface area contributed by atoms with E-state index >= 15 is 0 Å². The molecule has 3 heterocycles. The van der Waals surface area contributed by atoms with Gasteiger partial charge in [0.05, 0.1) is 39.1 Å².